The van der Waals surface area contributed by atoms with E-state index in [1.165, 1.54) is 0 Å². The normalized spacial score (nSPS) is 13.7. The summed E-state index contributed by atoms with van der Waals surface area (Å²) in [5.41, 5.74) is 3.17. The molecule has 0 atom stereocenters. The number of aryl methyl sites for hydroxylation is 1. The summed E-state index contributed by atoms with van der Waals surface area (Å²) in [6.07, 6.45) is 1.86. The highest BCUT2D eigenvalue weighted by molar-refractivity contribution is 6.43. The van der Waals surface area contributed by atoms with E-state index in [-0.39, 0.29) is 11.5 Å². The standard InChI is InChI=1S/C26H26Cl2N4O3/c1-3-18-21(4-2)29-24(30-25(18)34)19-14-16(8-9-17(19)15-33)26(35)32-12-10-31(11-13-32)22-7-5-6-20(27)23(22)28/h5-9,14-15H,3-4,10-13H2,1-2H3,(H,29,30,34). The minimum atomic E-state index is -0.223. The van der Waals surface area contributed by atoms with Crippen molar-refractivity contribution in [3.63, 3.8) is 0 Å². The molecule has 1 amide bonds. The van der Waals surface area contributed by atoms with Gasteiger partial charge in [0, 0.05) is 48.4 Å². The number of hydrogen-bond donors (Lipinski definition) is 1. The monoisotopic (exact) mass is 512 g/mol. The highest BCUT2D eigenvalue weighted by Gasteiger charge is 2.25. The Bertz CT molecular complexity index is 1330. The first-order valence-corrected chi connectivity index (χ1v) is 12.3. The quantitative estimate of drug-likeness (QED) is 0.486. The molecule has 1 aromatic heterocycles. The summed E-state index contributed by atoms with van der Waals surface area (Å²) in [7, 11) is 0. The first kappa shape index (κ1) is 24.9. The van der Waals surface area contributed by atoms with Crippen LogP contribution in [0.1, 0.15) is 45.8 Å². The van der Waals surface area contributed by atoms with Crippen molar-refractivity contribution in [2.75, 3.05) is 31.1 Å². The number of amides is 1. The van der Waals surface area contributed by atoms with Crippen molar-refractivity contribution in [2.24, 2.45) is 0 Å². The van der Waals surface area contributed by atoms with Crippen LogP contribution >= 0.6 is 23.2 Å². The molecule has 0 spiro atoms. The van der Waals surface area contributed by atoms with Gasteiger partial charge in [0.15, 0.2) is 6.29 Å². The third kappa shape index (κ3) is 4.97. The Morgan fingerprint density at radius 1 is 1.09 bits per heavy atom. The zero-order valence-electron chi connectivity index (χ0n) is 19.6. The fourth-order valence-electron chi connectivity index (χ4n) is 4.40. The topological polar surface area (TPSA) is 86.4 Å². The molecule has 0 saturated carbocycles. The summed E-state index contributed by atoms with van der Waals surface area (Å²) in [4.78, 5) is 48.9. The average Bonchev–Trinajstić information content (AvgIpc) is 2.89. The number of piperazine rings is 1. The minimum absolute atomic E-state index is 0.149. The van der Waals surface area contributed by atoms with Gasteiger partial charge in [0.05, 0.1) is 21.4 Å². The lowest BCUT2D eigenvalue weighted by atomic mass is 10.0. The van der Waals surface area contributed by atoms with Crippen LogP contribution in [0, 0.1) is 0 Å². The number of halogens is 2. The van der Waals surface area contributed by atoms with Crippen LogP contribution < -0.4 is 10.5 Å². The first-order valence-electron chi connectivity index (χ1n) is 11.6. The molecule has 9 heteroatoms. The van der Waals surface area contributed by atoms with E-state index in [0.717, 1.165) is 5.69 Å². The van der Waals surface area contributed by atoms with Crippen molar-refractivity contribution in [2.45, 2.75) is 26.7 Å². The molecular weight excluding hydrogens is 487 g/mol. The zero-order chi connectivity index (χ0) is 25.1. The second-order valence-electron chi connectivity index (χ2n) is 8.32. The van der Waals surface area contributed by atoms with Gasteiger partial charge >= 0.3 is 0 Å². The lowest BCUT2D eigenvalue weighted by Gasteiger charge is -2.36. The molecule has 3 aromatic rings. The molecule has 0 aliphatic carbocycles. The molecular formula is C26H26Cl2N4O3. The Kier molecular flexibility index (Phi) is 7.57. The number of hydrogen-bond acceptors (Lipinski definition) is 5. The highest BCUT2D eigenvalue weighted by atomic mass is 35.5. The van der Waals surface area contributed by atoms with Gasteiger partial charge in [-0.15, -0.1) is 0 Å². The number of carbonyl (C=O) groups excluding carboxylic acids is 2. The SMILES string of the molecule is CCc1nc(-c2cc(C(=O)N3CCN(c4cccc(Cl)c4Cl)CC3)ccc2C=O)[nH]c(=O)c1CC. The second kappa shape index (κ2) is 10.6. The van der Waals surface area contributed by atoms with E-state index in [4.69, 9.17) is 23.2 Å². The third-order valence-electron chi connectivity index (χ3n) is 6.31. The predicted octanol–water partition coefficient (Wildman–Crippen LogP) is 4.64. The van der Waals surface area contributed by atoms with E-state index in [2.05, 4.69) is 14.9 Å². The molecule has 0 unspecified atom stereocenters. The van der Waals surface area contributed by atoms with Gasteiger partial charge in [0.1, 0.15) is 5.82 Å². The molecule has 1 aliphatic rings. The van der Waals surface area contributed by atoms with Crippen molar-refractivity contribution in [1.29, 1.82) is 0 Å². The van der Waals surface area contributed by atoms with Gasteiger partial charge in [-0.25, -0.2) is 4.98 Å². The highest BCUT2D eigenvalue weighted by Crippen LogP contribution is 2.33. The van der Waals surface area contributed by atoms with E-state index in [9.17, 15) is 14.4 Å². The number of rotatable bonds is 6. The number of aldehydes is 1. The van der Waals surface area contributed by atoms with Gasteiger partial charge < -0.3 is 14.8 Å². The van der Waals surface area contributed by atoms with Gasteiger partial charge in [0.2, 0.25) is 0 Å². The largest absolute Gasteiger partial charge is 0.367 e. The molecule has 0 radical (unpaired) electrons. The smallest absolute Gasteiger partial charge is 0.254 e. The summed E-state index contributed by atoms with van der Waals surface area (Å²) in [5, 5.41) is 1.00. The van der Waals surface area contributed by atoms with Crippen molar-refractivity contribution in [1.82, 2.24) is 14.9 Å². The maximum absolute atomic E-state index is 13.3. The Morgan fingerprint density at radius 2 is 1.83 bits per heavy atom. The molecule has 7 nitrogen and oxygen atoms in total. The van der Waals surface area contributed by atoms with Gasteiger partial charge in [-0.2, -0.15) is 0 Å². The molecule has 35 heavy (non-hydrogen) atoms. The van der Waals surface area contributed by atoms with E-state index < -0.39 is 0 Å². The zero-order valence-corrected chi connectivity index (χ0v) is 21.1. The number of aromatic amines is 1. The summed E-state index contributed by atoms with van der Waals surface area (Å²) in [6.45, 7) is 6.07. The van der Waals surface area contributed by atoms with Crippen molar-refractivity contribution in [3.05, 3.63) is 79.2 Å². The van der Waals surface area contributed by atoms with Crippen LogP contribution in [0.4, 0.5) is 5.69 Å². The summed E-state index contributed by atoms with van der Waals surface area (Å²) < 4.78 is 0. The molecule has 4 rings (SSSR count). The van der Waals surface area contributed by atoms with Gasteiger partial charge in [-0.05, 0) is 37.1 Å². The minimum Gasteiger partial charge on any atom is -0.367 e. The predicted molar refractivity (Wildman–Crippen MR) is 139 cm³/mol. The van der Waals surface area contributed by atoms with Crippen LogP contribution in [0.5, 0.6) is 0 Å². The van der Waals surface area contributed by atoms with Gasteiger partial charge in [-0.3, -0.25) is 14.4 Å². The lowest BCUT2D eigenvalue weighted by Crippen LogP contribution is -2.48. The number of aromatic nitrogens is 2. The van der Waals surface area contributed by atoms with Crippen LogP contribution in [-0.4, -0.2) is 53.2 Å². The molecule has 0 bridgehead atoms. The average molecular weight is 513 g/mol. The fourth-order valence-corrected chi connectivity index (χ4v) is 4.81. The Morgan fingerprint density at radius 3 is 2.49 bits per heavy atom. The molecule has 1 saturated heterocycles. The maximum Gasteiger partial charge on any atom is 0.254 e. The summed E-state index contributed by atoms with van der Waals surface area (Å²) in [6, 6.07) is 10.4. The van der Waals surface area contributed by atoms with E-state index in [1.807, 2.05) is 26.0 Å². The molecule has 1 aliphatic heterocycles. The Labute approximate surface area is 213 Å². The van der Waals surface area contributed by atoms with Crippen molar-refractivity contribution >= 4 is 41.1 Å². The number of H-pyrrole nitrogens is 1. The summed E-state index contributed by atoms with van der Waals surface area (Å²) in [5.74, 6) is 0.144. The van der Waals surface area contributed by atoms with E-state index in [0.29, 0.717) is 89.1 Å². The van der Waals surface area contributed by atoms with Crippen LogP contribution in [0.3, 0.4) is 0 Å². The lowest BCUT2D eigenvalue weighted by molar-refractivity contribution is 0.0746. The molecule has 182 valence electrons. The molecule has 2 aromatic carbocycles. The fraction of sp³-hybridized carbons (Fsp3) is 0.308. The van der Waals surface area contributed by atoms with E-state index in [1.54, 1.807) is 29.2 Å². The van der Waals surface area contributed by atoms with E-state index >= 15 is 0 Å². The van der Waals surface area contributed by atoms with Crippen molar-refractivity contribution in [3.8, 4) is 11.4 Å². The second-order valence-corrected chi connectivity index (χ2v) is 9.10. The van der Waals surface area contributed by atoms with Crippen molar-refractivity contribution < 1.29 is 9.59 Å². The summed E-state index contributed by atoms with van der Waals surface area (Å²) >= 11 is 12.5. The van der Waals surface area contributed by atoms with Gasteiger partial charge in [-0.1, -0.05) is 49.2 Å². The van der Waals surface area contributed by atoms with Crippen LogP contribution in [0.2, 0.25) is 10.0 Å². The number of nitrogens with zero attached hydrogens (tertiary/aromatic N) is 3. The molecule has 1 N–H and O–H groups in total. The number of carbonyl (C=O) groups is 2. The third-order valence-corrected chi connectivity index (χ3v) is 7.12. The van der Waals surface area contributed by atoms with Gasteiger partial charge in [0.25, 0.3) is 11.5 Å². The van der Waals surface area contributed by atoms with Crippen LogP contribution in [0.15, 0.2) is 41.2 Å². The molecule has 1 fully saturated rings. The Balaban J connectivity index is 1.59. The maximum atomic E-state index is 13.3. The van der Waals surface area contributed by atoms with Crippen LogP contribution in [0.25, 0.3) is 11.4 Å². The number of nitrogens with one attached hydrogen (secondary N) is 1. The first-order chi connectivity index (χ1) is 16.9. The number of anilines is 1. The molecule has 2 heterocycles. The number of benzene rings is 2. The van der Waals surface area contributed by atoms with Crippen LogP contribution in [-0.2, 0) is 12.8 Å². The Hall–Kier alpha value is -3.16.